The number of fused-ring (bicyclic) bond motifs is 1. The number of thiophene rings is 1. The first kappa shape index (κ1) is 16.7. The molecule has 4 rings (SSSR count). The van der Waals surface area contributed by atoms with E-state index < -0.39 is 5.97 Å². The molecular weight excluding hydrogens is 348 g/mol. The summed E-state index contributed by atoms with van der Waals surface area (Å²) >= 11 is 1.63. The molecule has 132 valence electrons. The van der Waals surface area contributed by atoms with Crippen molar-refractivity contribution in [1.82, 2.24) is 9.88 Å². The van der Waals surface area contributed by atoms with Crippen LogP contribution in [0.5, 0.6) is 0 Å². The van der Waals surface area contributed by atoms with Crippen LogP contribution in [0.2, 0.25) is 0 Å². The zero-order valence-electron chi connectivity index (χ0n) is 14.1. The molecule has 3 aromatic rings. The van der Waals surface area contributed by atoms with Gasteiger partial charge in [0, 0.05) is 18.1 Å². The van der Waals surface area contributed by atoms with Gasteiger partial charge in [-0.2, -0.15) is 11.3 Å². The number of amides is 1. The van der Waals surface area contributed by atoms with Crippen LogP contribution < -0.4 is 0 Å². The molecule has 1 aliphatic rings. The van der Waals surface area contributed by atoms with Crippen molar-refractivity contribution in [2.45, 2.75) is 18.9 Å². The SMILES string of the molecule is O=C(OCC(=O)N1CCCC1c1ccsc1)c1nccc2ccccc12. The first-order valence-electron chi connectivity index (χ1n) is 8.56. The highest BCUT2D eigenvalue weighted by atomic mass is 32.1. The number of likely N-dealkylation sites (tertiary alicyclic amines) is 1. The van der Waals surface area contributed by atoms with Crippen LogP contribution in [0, 0.1) is 0 Å². The molecule has 1 amide bonds. The third-order valence-electron chi connectivity index (χ3n) is 4.69. The minimum absolute atomic E-state index is 0.0862. The predicted molar refractivity (Wildman–Crippen MR) is 100 cm³/mol. The van der Waals surface area contributed by atoms with Crippen molar-refractivity contribution in [3.05, 3.63) is 64.6 Å². The summed E-state index contributed by atoms with van der Waals surface area (Å²) in [6.45, 7) is 0.438. The van der Waals surface area contributed by atoms with Crippen molar-refractivity contribution in [2.24, 2.45) is 0 Å². The fourth-order valence-corrected chi connectivity index (χ4v) is 4.14. The summed E-state index contributed by atoms with van der Waals surface area (Å²) in [6, 6.07) is 11.5. The monoisotopic (exact) mass is 366 g/mol. The second kappa shape index (κ2) is 7.25. The largest absolute Gasteiger partial charge is 0.451 e. The average Bonchev–Trinajstić information content (AvgIpc) is 3.36. The number of carbonyl (C=O) groups excluding carboxylic acids is 2. The van der Waals surface area contributed by atoms with Crippen LogP contribution >= 0.6 is 11.3 Å². The second-order valence-electron chi connectivity index (χ2n) is 6.26. The maximum atomic E-state index is 12.6. The molecule has 6 heteroatoms. The van der Waals surface area contributed by atoms with Crippen LogP contribution in [0.25, 0.3) is 10.8 Å². The van der Waals surface area contributed by atoms with Gasteiger partial charge >= 0.3 is 5.97 Å². The lowest BCUT2D eigenvalue weighted by Gasteiger charge is -2.24. The van der Waals surface area contributed by atoms with E-state index in [1.54, 1.807) is 17.5 Å². The van der Waals surface area contributed by atoms with Gasteiger partial charge < -0.3 is 9.64 Å². The molecule has 1 atom stereocenters. The highest BCUT2D eigenvalue weighted by Crippen LogP contribution is 2.33. The zero-order valence-corrected chi connectivity index (χ0v) is 14.9. The number of rotatable bonds is 4. The van der Waals surface area contributed by atoms with E-state index >= 15 is 0 Å². The molecule has 0 bridgehead atoms. The number of benzene rings is 1. The fraction of sp³-hybridized carbons (Fsp3) is 0.250. The van der Waals surface area contributed by atoms with Crippen LogP contribution in [0.15, 0.2) is 53.4 Å². The lowest BCUT2D eigenvalue weighted by Crippen LogP contribution is -2.34. The molecule has 0 saturated carbocycles. The molecule has 1 aliphatic heterocycles. The number of pyridine rings is 1. The summed E-state index contributed by atoms with van der Waals surface area (Å²) in [4.78, 5) is 31.0. The van der Waals surface area contributed by atoms with Crippen LogP contribution in [0.3, 0.4) is 0 Å². The maximum Gasteiger partial charge on any atom is 0.358 e. The Bertz CT molecular complexity index is 934. The summed E-state index contributed by atoms with van der Waals surface area (Å²) < 4.78 is 5.29. The number of carbonyl (C=O) groups is 2. The first-order valence-corrected chi connectivity index (χ1v) is 9.51. The van der Waals surface area contributed by atoms with Crippen molar-refractivity contribution >= 4 is 34.0 Å². The van der Waals surface area contributed by atoms with Gasteiger partial charge in [0.15, 0.2) is 12.3 Å². The Morgan fingerprint density at radius 2 is 2.12 bits per heavy atom. The van der Waals surface area contributed by atoms with Crippen molar-refractivity contribution in [3.63, 3.8) is 0 Å². The molecule has 26 heavy (non-hydrogen) atoms. The van der Waals surface area contributed by atoms with Crippen LogP contribution in [0.1, 0.15) is 34.9 Å². The number of aromatic nitrogens is 1. The van der Waals surface area contributed by atoms with Gasteiger partial charge in [0.1, 0.15) is 0 Å². The van der Waals surface area contributed by atoms with E-state index in [4.69, 9.17) is 4.74 Å². The van der Waals surface area contributed by atoms with E-state index in [0.29, 0.717) is 6.54 Å². The summed E-state index contributed by atoms with van der Waals surface area (Å²) in [7, 11) is 0. The Morgan fingerprint density at radius 1 is 1.23 bits per heavy atom. The molecule has 0 spiro atoms. The van der Waals surface area contributed by atoms with E-state index in [0.717, 1.165) is 29.2 Å². The van der Waals surface area contributed by atoms with Gasteiger partial charge in [-0.3, -0.25) is 4.79 Å². The molecule has 3 heterocycles. The van der Waals surface area contributed by atoms with E-state index in [-0.39, 0.29) is 24.2 Å². The molecule has 0 N–H and O–H groups in total. The first-order chi connectivity index (χ1) is 12.7. The number of hydrogen-bond acceptors (Lipinski definition) is 5. The summed E-state index contributed by atoms with van der Waals surface area (Å²) in [5.41, 5.74) is 1.40. The fourth-order valence-electron chi connectivity index (χ4n) is 3.44. The molecular formula is C20H18N2O3S. The van der Waals surface area contributed by atoms with E-state index in [2.05, 4.69) is 10.4 Å². The van der Waals surface area contributed by atoms with E-state index in [1.807, 2.05) is 46.7 Å². The van der Waals surface area contributed by atoms with E-state index in [9.17, 15) is 9.59 Å². The maximum absolute atomic E-state index is 12.6. The number of ether oxygens (including phenoxy) is 1. The number of esters is 1. The third-order valence-corrected chi connectivity index (χ3v) is 5.40. The molecule has 1 aromatic carbocycles. The van der Waals surface area contributed by atoms with Gasteiger partial charge in [-0.15, -0.1) is 0 Å². The number of nitrogens with zero attached hydrogens (tertiary/aromatic N) is 2. The Balaban J connectivity index is 1.45. The molecule has 1 unspecified atom stereocenters. The topological polar surface area (TPSA) is 59.5 Å². The van der Waals surface area contributed by atoms with Crippen LogP contribution in [0.4, 0.5) is 0 Å². The summed E-state index contributed by atoms with van der Waals surface area (Å²) in [5.74, 6) is -0.728. The van der Waals surface area contributed by atoms with Crippen LogP contribution in [-0.4, -0.2) is 34.9 Å². The summed E-state index contributed by atoms with van der Waals surface area (Å²) in [6.07, 6.45) is 3.49. The molecule has 5 nitrogen and oxygen atoms in total. The van der Waals surface area contributed by atoms with Gasteiger partial charge in [-0.05, 0) is 46.7 Å². The van der Waals surface area contributed by atoms with Gasteiger partial charge in [-0.25, -0.2) is 9.78 Å². The Kier molecular flexibility index (Phi) is 4.67. The van der Waals surface area contributed by atoms with Crippen molar-refractivity contribution < 1.29 is 14.3 Å². The normalized spacial score (nSPS) is 16.8. The zero-order chi connectivity index (χ0) is 17.9. The predicted octanol–water partition coefficient (Wildman–Crippen LogP) is 3.82. The minimum atomic E-state index is -0.568. The Labute approximate surface area is 155 Å². The molecule has 1 saturated heterocycles. The molecule has 0 radical (unpaired) electrons. The molecule has 2 aromatic heterocycles. The quantitative estimate of drug-likeness (QED) is 0.659. The smallest absolute Gasteiger partial charge is 0.358 e. The second-order valence-corrected chi connectivity index (χ2v) is 7.04. The Hall–Kier alpha value is -2.73. The number of hydrogen-bond donors (Lipinski definition) is 0. The van der Waals surface area contributed by atoms with Gasteiger partial charge in [0.25, 0.3) is 5.91 Å². The van der Waals surface area contributed by atoms with Crippen molar-refractivity contribution in [2.75, 3.05) is 13.2 Å². The third kappa shape index (κ3) is 3.20. The standard InChI is InChI=1S/C20H18N2O3S/c23-18(22-10-3-6-17(22)15-8-11-26-13-15)12-25-20(24)19-16-5-2-1-4-14(16)7-9-21-19/h1-2,4-5,7-9,11,13,17H,3,6,10,12H2. The van der Waals surface area contributed by atoms with Crippen molar-refractivity contribution in [3.8, 4) is 0 Å². The molecule has 0 aliphatic carbocycles. The van der Waals surface area contributed by atoms with Gasteiger partial charge in [0.2, 0.25) is 0 Å². The Morgan fingerprint density at radius 3 is 2.96 bits per heavy atom. The van der Waals surface area contributed by atoms with Gasteiger partial charge in [0.05, 0.1) is 6.04 Å². The lowest BCUT2D eigenvalue weighted by atomic mass is 10.1. The van der Waals surface area contributed by atoms with E-state index in [1.165, 1.54) is 0 Å². The highest BCUT2D eigenvalue weighted by Gasteiger charge is 2.30. The molecule has 1 fully saturated rings. The van der Waals surface area contributed by atoms with Gasteiger partial charge in [-0.1, -0.05) is 24.3 Å². The van der Waals surface area contributed by atoms with Crippen molar-refractivity contribution in [1.29, 1.82) is 0 Å². The lowest BCUT2D eigenvalue weighted by molar-refractivity contribution is -0.135. The van der Waals surface area contributed by atoms with Crippen LogP contribution in [-0.2, 0) is 9.53 Å². The minimum Gasteiger partial charge on any atom is -0.451 e. The highest BCUT2D eigenvalue weighted by molar-refractivity contribution is 7.08. The average molecular weight is 366 g/mol. The summed E-state index contributed by atoms with van der Waals surface area (Å²) in [5, 5.41) is 5.73.